The van der Waals surface area contributed by atoms with Gasteiger partial charge in [0.05, 0.1) is 0 Å². The number of rotatable bonds is 2. The Hall–Kier alpha value is -1.97. The molecule has 0 saturated heterocycles. The Morgan fingerprint density at radius 2 is 1.52 bits per heavy atom. The quantitative estimate of drug-likeness (QED) is 0.705. The van der Waals surface area contributed by atoms with Gasteiger partial charge in [-0.15, -0.1) is 13.2 Å². The number of para-hydroxylation sites is 1. The van der Waals surface area contributed by atoms with E-state index < -0.39 is 6.36 Å². The SMILES string of the molecule is CC(C)(C)c1cccc(-c2ccccc2OC(F)(F)F)c1. The molecule has 0 heterocycles. The van der Waals surface area contributed by atoms with Gasteiger partial charge in [0.2, 0.25) is 0 Å². The van der Waals surface area contributed by atoms with Gasteiger partial charge in [-0.3, -0.25) is 0 Å². The fourth-order valence-corrected chi connectivity index (χ4v) is 2.07. The van der Waals surface area contributed by atoms with E-state index in [-0.39, 0.29) is 11.2 Å². The molecule has 0 amide bonds. The summed E-state index contributed by atoms with van der Waals surface area (Å²) < 4.78 is 41.6. The van der Waals surface area contributed by atoms with E-state index in [4.69, 9.17) is 0 Å². The van der Waals surface area contributed by atoms with Crippen LogP contribution in [-0.2, 0) is 5.41 Å². The summed E-state index contributed by atoms with van der Waals surface area (Å²) >= 11 is 0. The lowest BCUT2D eigenvalue weighted by Gasteiger charge is -2.20. The molecule has 2 rings (SSSR count). The van der Waals surface area contributed by atoms with Gasteiger partial charge < -0.3 is 4.74 Å². The van der Waals surface area contributed by atoms with Crippen molar-refractivity contribution >= 4 is 0 Å². The summed E-state index contributed by atoms with van der Waals surface area (Å²) in [6.07, 6.45) is -4.70. The molecule has 0 atom stereocenters. The van der Waals surface area contributed by atoms with Crippen LogP contribution in [0.15, 0.2) is 48.5 Å². The lowest BCUT2D eigenvalue weighted by Crippen LogP contribution is -2.17. The zero-order chi connectivity index (χ0) is 15.7. The van der Waals surface area contributed by atoms with E-state index in [2.05, 4.69) is 25.5 Å². The first-order valence-electron chi connectivity index (χ1n) is 6.62. The van der Waals surface area contributed by atoms with Crippen molar-refractivity contribution in [3.05, 3.63) is 54.1 Å². The van der Waals surface area contributed by atoms with Crippen molar-refractivity contribution in [3.8, 4) is 16.9 Å². The highest BCUT2D eigenvalue weighted by molar-refractivity contribution is 5.71. The Balaban J connectivity index is 2.48. The molecule has 0 bridgehead atoms. The molecule has 112 valence electrons. The second-order valence-electron chi connectivity index (χ2n) is 5.87. The minimum absolute atomic E-state index is 0.0736. The molecule has 0 aliphatic carbocycles. The molecular formula is C17H17F3O. The maximum atomic E-state index is 12.5. The molecule has 0 fully saturated rings. The van der Waals surface area contributed by atoms with Crippen molar-refractivity contribution in [1.82, 2.24) is 0 Å². The van der Waals surface area contributed by atoms with Crippen molar-refractivity contribution in [3.63, 3.8) is 0 Å². The lowest BCUT2D eigenvalue weighted by molar-refractivity contribution is -0.274. The van der Waals surface area contributed by atoms with Gasteiger partial charge in [-0.1, -0.05) is 63.2 Å². The van der Waals surface area contributed by atoms with Gasteiger partial charge in [0, 0.05) is 5.56 Å². The highest BCUT2D eigenvalue weighted by atomic mass is 19.4. The molecule has 2 aromatic carbocycles. The van der Waals surface area contributed by atoms with Gasteiger partial charge in [-0.05, 0) is 22.6 Å². The molecule has 0 spiro atoms. The van der Waals surface area contributed by atoms with Crippen molar-refractivity contribution < 1.29 is 17.9 Å². The Labute approximate surface area is 122 Å². The molecule has 0 saturated carbocycles. The Bertz CT molecular complexity index is 624. The van der Waals surface area contributed by atoms with Crippen molar-refractivity contribution in [2.24, 2.45) is 0 Å². The second-order valence-corrected chi connectivity index (χ2v) is 5.87. The zero-order valence-corrected chi connectivity index (χ0v) is 12.2. The molecule has 0 aliphatic heterocycles. The van der Waals surface area contributed by atoms with Crippen LogP contribution in [0.2, 0.25) is 0 Å². The normalized spacial score (nSPS) is 12.3. The molecular weight excluding hydrogens is 277 g/mol. The third-order valence-corrected chi connectivity index (χ3v) is 3.15. The van der Waals surface area contributed by atoms with Gasteiger partial charge in [-0.25, -0.2) is 0 Å². The first-order chi connectivity index (χ1) is 9.67. The van der Waals surface area contributed by atoms with Crippen molar-refractivity contribution in [2.45, 2.75) is 32.5 Å². The maximum absolute atomic E-state index is 12.5. The summed E-state index contributed by atoms with van der Waals surface area (Å²) in [6, 6.07) is 13.7. The standard InChI is InChI=1S/C17H17F3O/c1-16(2,3)13-8-6-7-12(11-13)14-9-4-5-10-15(14)21-17(18,19)20/h4-11H,1-3H3. The van der Waals surface area contributed by atoms with Crippen LogP contribution in [-0.4, -0.2) is 6.36 Å². The topological polar surface area (TPSA) is 9.23 Å². The molecule has 2 aromatic rings. The van der Waals surface area contributed by atoms with Crippen LogP contribution in [0.5, 0.6) is 5.75 Å². The minimum atomic E-state index is -4.70. The number of alkyl halides is 3. The fourth-order valence-electron chi connectivity index (χ4n) is 2.07. The zero-order valence-electron chi connectivity index (χ0n) is 12.2. The van der Waals surface area contributed by atoms with Crippen LogP contribution in [0, 0.1) is 0 Å². The maximum Gasteiger partial charge on any atom is 0.573 e. The van der Waals surface area contributed by atoms with Gasteiger partial charge in [0.25, 0.3) is 0 Å². The minimum Gasteiger partial charge on any atom is -0.405 e. The average molecular weight is 294 g/mol. The lowest BCUT2D eigenvalue weighted by atomic mass is 9.85. The van der Waals surface area contributed by atoms with Crippen LogP contribution in [0.4, 0.5) is 13.2 Å². The molecule has 0 radical (unpaired) electrons. The summed E-state index contributed by atoms with van der Waals surface area (Å²) in [5, 5.41) is 0. The van der Waals surface area contributed by atoms with Crippen molar-refractivity contribution in [1.29, 1.82) is 0 Å². The predicted molar refractivity (Wildman–Crippen MR) is 77.3 cm³/mol. The molecule has 0 unspecified atom stereocenters. The number of hydrogen-bond donors (Lipinski definition) is 0. The first-order valence-corrected chi connectivity index (χ1v) is 6.62. The molecule has 0 aliphatic rings. The Morgan fingerprint density at radius 3 is 2.14 bits per heavy atom. The number of benzene rings is 2. The van der Waals surface area contributed by atoms with E-state index in [1.54, 1.807) is 18.2 Å². The largest absolute Gasteiger partial charge is 0.573 e. The van der Waals surface area contributed by atoms with Gasteiger partial charge in [-0.2, -0.15) is 0 Å². The first kappa shape index (κ1) is 15.4. The van der Waals surface area contributed by atoms with E-state index in [1.165, 1.54) is 12.1 Å². The van der Waals surface area contributed by atoms with Crippen LogP contribution in [0.1, 0.15) is 26.3 Å². The van der Waals surface area contributed by atoms with Gasteiger partial charge >= 0.3 is 6.36 Å². The molecule has 1 nitrogen and oxygen atoms in total. The number of hydrogen-bond acceptors (Lipinski definition) is 1. The van der Waals surface area contributed by atoms with Crippen LogP contribution in [0.3, 0.4) is 0 Å². The summed E-state index contributed by atoms with van der Waals surface area (Å²) in [4.78, 5) is 0. The fraction of sp³-hybridized carbons (Fsp3) is 0.294. The summed E-state index contributed by atoms with van der Waals surface area (Å²) in [6.45, 7) is 6.18. The molecule has 21 heavy (non-hydrogen) atoms. The third-order valence-electron chi connectivity index (χ3n) is 3.15. The Kier molecular flexibility index (Phi) is 3.99. The van der Waals surface area contributed by atoms with Crippen LogP contribution >= 0.6 is 0 Å². The van der Waals surface area contributed by atoms with Gasteiger partial charge in [0.1, 0.15) is 5.75 Å². The van der Waals surface area contributed by atoms with E-state index in [1.807, 2.05) is 18.2 Å². The van der Waals surface area contributed by atoms with E-state index in [0.717, 1.165) is 5.56 Å². The summed E-state index contributed by atoms with van der Waals surface area (Å²) in [5.74, 6) is -0.184. The summed E-state index contributed by atoms with van der Waals surface area (Å²) in [7, 11) is 0. The molecule has 4 heteroatoms. The van der Waals surface area contributed by atoms with E-state index >= 15 is 0 Å². The van der Waals surface area contributed by atoms with E-state index in [0.29, 0.717) is 11.1 Å². The highest BCUT2D eigenvalue weighted by Gasteiger charge is 2.32. The predicted octanol–water partition coefficient (Wildman–Crippen LogP) is 5.55. The average Bonchev–Trinajstić information content (AvgIpc) is 2.37. The molecule has 0 N–H and O–H groups in total. The van der Waals surface area contributed by atoms with Gasteiger partial charge in [0.15, 0.2) is 0 Å². The molecule has 0 aromatic heterocycles. The van der Waals surface area contributed by atoms with Crippen LogP contribution < -0.4 is 4.74 Å². The Morgan fingerprint density at radius 1 is 0.857 bits per heavy atom. The highest BCUT2D eigenvalue weighted by Crippen LogP contribution is 2.35. The second kappa shape index (κ2) is 5.43. The summed E-state index contributed by atoms with van der Waals surface area (Å²) in [5.41, 5.74) is 2.13. The van der Waals surface area contributed by atoms with Crippen LogP contribution in [0.25, 0.3) is 11.1 Å². The smallest absolute Gasteiger partial charge is 0.405 e. The number of halogens is 3. The van der Waals surface area contributed by atoms with E-state index in [9.17, 15) is 13.2 Å². The number of ether oxygens (including phenoxy) is 1. The van der Waals surface area contributed by atoms with Crippen molar-refractivity contribution in [2.75, 3.05) is 0 Å². The third kappa shape index (κ3) is 4.00. The monoisotopic (exact) mass is 294 g/mol.